The molecular weight excluding hydrogens is 448 g/mol. The van der Waals surface area contributed by atoms with Crippen molar-refractivity contribution in [3.05, 3.63) is 77.9 Å². The molecule has 0 bridgehead atoms. The normalized spacial score (nSPS) is 22.9. The molecule has 35 heavy (non-hydrogen) atoms. The van der Waals surface area contributed by atoms with E-state index in [-0.39, 0.29) is 18.4 Å². The van der Waals surface area contributed by atoms with Gasteiger partial charge in [-0.1, -0.05) is 31.0 Å². The van der Waals surface area contributed by atoms with Crippen molar-refractivity contribution >= 4 is 6.08 Å². The van der Waals surface area contributed by atoms with Crippen LogP contribution in [0.2, 0.25) is 0 Å². The average Bonchev–Trinajstić information content (AvgIpc) is 3.27. The lowest BCUT2D eigenvalue weighted by Gasteiger charge is -2.39. The molecule has 0 spiro atoms. The molecule has 0 amide bonds. The third-order valence-electron chi connectivity index (χ3n) is 6.25. The van der Waals surface area contributed by atoms with Crippen LogP contribution in [0.25, 0.3) is 6.08 Å². The van der Waals surface area contributed by atoms with Crippen molar-refractivity contribution in [1.29, 1.82) is 0 Å². The molecule has 2 unspecified atom stereocenters. The maximum absolute atomic E-state index is 6.36. The molecule has 0 aromatic heterocycles. The van der Waals surface area contributed by atoms with E-state index in [0.29, 0.717) is 24.7 Å². The molecular formula is C27H32N2O6. The van der Waals surface area contributed by atoms with Crippen LogP contribution in [0.5, 0.6) is 23.0 Å². The Kier molecular flexibility index (Phi) is 6.66. The van der Waals surface area contributed by atoms with Gasteiger partial charge in [0.15, 0.2) is 5.60 Å². The van der Waals surface area contributed by atoms with Crippen LogP contribution in [0.1, 0.15) is 42.2 Å². The molecule has 8 heteroatoms. The average molecular weight is 481 g/mol. The smallest absolute Gasteiger partial charge is 0.187 e. The molecule has 5 rings (SSSR count). The number of hydrogen-bond acceptors (Lipinski definition) is 8. The van der Waals surface area contributed by atoms with Crippen molar-refractivity contribution in [2.75, 3.05) is 19.8 Å². The second-order valence-electron chi connectivity index (χ2n) is 9.06. The minimum atomic E-state index is -0.974. The van der Waals surface area contributed by atoms with E-state index in [1.807, 2.05) is 57.2 Å². The summed E-state index contributed by atoms with van der Waals surface area (Å²) in [5.74, 6) is 2.86. The van der Waals surface area contributed by atoms with Gasteiger partial charge >= 0.3 is 0 Å². The van der Waals surface area contributed by atoms with Crippen LogP contribution in [-0.4, -0.2) is 25.4 Å². The molecule has 1 saturated heterocycles. The molecule has 4 N–H and O–H groups in total. The summed E-state index contributed by atoms with van der Waals surface area (Å²) in [7, 11) is 0. The Morgan fingerprint density at radius 2 is 1.89 bits per heavy atom. The largest absolute Gasteiger partial charge is 0.489 e. The van der Waals surface area contributed by atoms with Crippen LogP contribution < -0.4 is 30.7 Å². The van der Waals surface area contributed by atoms with Gasteiger partial charge < -0.3 is 25.1 Å². The van der Waals surface area contributed by atoms with Crippen molar-refractivity contribution in [2.45, 2.75) is 38.1 Å². The van der Waals surface area contributed by atoms with Gasteiger partial charge in [-0.05, 0) is 57.2 Å². The van der Waals surface area contributed by atoms with Gasteiger partial charge in [-0.2, -0.15) is 0 Å². The van der Waals surface area contributed by atoms with E-state index in [9.17, 15) is 0 Å². The number of nitrogens with one attached hydrogen (secondary N) is 1. The molecule has 3 heterocycles. The number of hydrogen-bond donors (Lipinski definition) is 2. The third kappa shape index (κ3) is 4.08. The van der Waals surface area contributed by atoms with Crippen molar-refractivity contribution < 1.29 is 28.6 Å². The van der Waals surface area contributed by atoms with E-state index in [2.05, 4.69) is 18.8 Å². The highest BCUT2D eigenvalue weighted by molar-refractivity contribution is 5.70. The van der Waals surface area contributed by atoms with Crippen LogP contribution in [0, 0.1) is 6.92 Å². The fraction of sp³-hybridized carbons (Fsp3) is 0.333. The van der Waals surface area contributed by atoms with Gasteiger partial charge in [-0.15, -0.1) is 0 Å². The van der Waals surface area contributed by atoms with E-state index in [4.69, 9.17) is 28.6 Å². The zero-order chi connectivity index (χ0) is 23.9. The van der Waals surface area contributed by atoms with Gasteiger partial charge in [0, 0.05) is 16.7 Å². The monoisotopic (exact) mass is 480 g/mol. The van der Waals surface area contributed by atoms with E-state index < -0.39 is 11.7 Å². The Balaban J connectivity index is 0.00000289. The van der Waals surface area contributed by atoms with Crippen LogP contribution in [0.3, 0.4) is 0 Å². The Hall–Kier alpha value is -3.30. The predicted molar refractivity (Wildman–Crippen MR) is 133 cm³/mol. The summed E-state index contributed by atoms with van der Waals surface area (Å²) in [6.07, 6.45) is 7.00. The summed E-state index contributed by atoms with van der Waals surface area (Å²) in [5.41, 5.74) is 4.69. The molecule has 0 aliphatic carbocycles. The summed E-state index contributed by atoms with van der Waals surface area (Å²) in [4.78, 5) is 12.0. The second kappa shape index (κ2) is 9.39. The van der Waals surface area contributed by atoms with Crippen molar-refractivity contribution in [1.82, 2.24) is 11.8 Å². The lowest BCUT2D eigenvalue weighted by Crippen LogP contribution is -2.42. The summed E-state index contributed by atoms with van der Waals surface area (Å²) < 4.78 is 24.4. The molecule has 1 fully saturated rings. The quantitative estimate of drug-likeness (QED) is 0.517. The number of ether oxygens (including phenoxy) is 4. The molecule has 8 nitrogen and oxygen atoms in total. The highest BCUT2D eigenvalue weighted by atomic mass is 17.0. The SMILES string of the molecule is C=CCOc1ccc(C23COc4c(ccc5c4C=CC(C)(C)O5)C2ONO3)c(OCC=C)c1C.N. The molecule has 3 aliphatic heterocycles. The topological polar surface area (TPSA) is 102 Å². The molecule has 2 aromatic rings. The van der Waals surface area contributed by atoms with Crippen LogP contribution in [0.4, 0.5) is 0 Å². The maximum Gasteiger partial charge on any atom is 0.187 e. The Morgan fingerprint density at radius 1 is 1.11 bits per heavy atom. The molecule has 0 radical (unpaired) electrons. The van der Waals surface area contributed by atoms with Crippen LogP contribution in [-0.2, 0) is 15.3 Å². The zero-order valence-corrected chi connectivity index (χ0v) is 20.4. The van der Waals surface area contributed by atoms with Gasteiger partial charge in [0.25, 0.3) is 0 Å². The van der Waals surface area contributed by atoms with E-state index in [1.54, 1.807) is 12.2 Å². The molecule has 186 valence electrons. The first-order chi connectivity index (χ1) is 16.4. The van der Waals surface area contributed by atoms with E-state index in [0.717, 1.165) is 33.8 Å². The number of fused-ring (bicyclic) bond motifs is 5. The Bertz CT molecular complexity index is 1170. The fourth-order valence-corrected chi connectivity index (χ4v) is 4.62. The predicted octanol–water partition coefficient (Wildman–Crippen LogP) is 5.27. The second-order valence-corrected chi connectivity index (χ2v) is 9.06. The molecule has 3 aliphatic rings. The summed E-state index contributed by atoms with van der Waals surface area (Å²) in [5, 5.41) is 0. The summed E-state index contributed by atoms with van der Waals surface area (Å²) in [6, 6.07) is 7.76. The lowest BCUT2D eigenvalue weighted by molar-refractivity contribution is -0.127. The summed E-state index contributed by atoms with van der Waals surface area (Å²) in [6.45, 7) is 14.4. The fourth-order valence-electron chi connectivity index (χ4n) is 4.62. The van der Waals surface area contributed by atoms with E-state index >= 15 is 0 Å². The number of benzene rings is 2. The Labute approximate surface area is 205 Å². The van der Waals surface area contributed by atoms with Gasteiger partial charge in [-0.3, -0.25) is 9.68 Å². The van der Waals surface area contributed by atoms with Crippen molar-refractivity contribution in [3.63, 3.8) is 0 Å². The first kappa shape index (κ1) is 24.8. The first-order valence-electron chi connectivity index (χ1n) is 11.3. The van der Waals surface area contributed by atoms with Gasteiger partial charge in [-0.25, -0.2) is 0 Å². The third-order valence-corrected chi connectivity index (χ3v) is 6.25. The maximum atomic E-state index is 6.36. The van der Waals surface area contributed by atoms with E-state index in [1.165, 1.54) is 0 Å². The summed E-state index contributed by atoms with van der Waals surface area (Å²) >= 11 is 0. The molecule has 2 aromatic carbocycles. The van der Waals surface area contributed by atoms with Gasteiger partial charge in [0.1, 0.15) is 54.5 Å². The minimum Gasteiger partial charge on any atom is -0.489 e. The minimum absolute atomic E-state index is 0. The standard InChI is InChI=1S/C27H29NO6.H3N/c1-6-14-29-21-11-9-20(23(17(21)3)30-15-7-2)27-16-31-24-18-12-13-26(4,5)32-22(18)10-8-19(24)25(27)33-28-34-27;/h6-13,25,28H,1-2,14-16H2,3-5H3;1H3. The van der Waals surface area contributed by atoms with Crippen LogP contribution >= 0.6 is 0 Å². The van der Waals surface area contributed by atoms with Crippen molar-refractivity contribution in [3.8, 4) is 23.0 Å². The Morgan fingerprint density at radius 3 is 2.66 bits per heavy atom. The van der Waals surface area contributed by atoms with Crippen molar-refractivity contribution in [2.24, 2.45) is 0 Å². The van der Waals surface area contributed by atoms with Gasteiger partial charge in [0.2, 0.25) is 0 Å². The molecule has 2 atom stereocenters. The number of rotatable bonds is 7. The first-order valence-corrected chi connectivity index (χ1v) is 11.3. The highest BCUT2D eigenvalue weighted by Crippen LogP contribution is 2.55. The lowest BCUT2D eigenvalue weighted by atomic mass is 9.81. The molecule has 0 saturated carbocycles. The van der Waals surface area contributed by atoms with Gasteiger partial charge in [0.05, 0.1) is 5.56 Å². The highest BCUT2D eigenvalue weighted by Gasteiger charge is 2.56. The zero-order valence-electron chi connectivity index (χ0n) is 20.4. The van der Waals surface area contributed by atoms with Crippen LogP contribution in [0.15, 0.2) is 55.7 Å².